The minimum Gasteiger partial charge on any atom is -0.349 e. The number of aryl methyl sites for hydroxylation is 1. The van der Waals surface area contributed by atoms with Crippen molar-refractivity contribution in [1.29, 1.82) is 5.26 Å². The molecule has 1 heterocycles. The van der Waals surface area contributed by atoms with E-state index in [0.29, 0.717) is 11.4 Å². The first-order chi connectivity index (χ1) is 8.61. The van der Waals surface area contributed by atoms with Crippen LogP contribution >= 0.6 is 0 Å². The Morgan fingerprint density at radius 1 is 1.28 bits per heavy atom. The van der Waals surface area contributed by atoms with Crippen LogP contribution in [0.5, 0.6) is 0 Å². The first kappa shape index (κ1) is 12.0. The van der Waals surface area contributed by atoms with Gasteiger partial charge in [0.05, 0.1) is 23.0 Å². The van der Waals surface area contributed by atoms with Crippen molar-refractivity contribution in [3.63, 3.8) is 0 Å². The van der Waals surface area contributed by atoms with Gasteiger partial charge in [0.25, 0.3) is 0 Å². The molecule has 0 spiro atoms. The molecule has 2 aromatic rings. The number of halogens is 2. The number of pyridine rings is 1. The van der Waals surface area contributed by atoms with Crippen LogP contribution in [0.15, 0.2) is 30.5 Å². The average Bonchev–Trinajstić information content (AvgIpc) is 2.35. The summed E-state index contributed by atoms with van der Waals surface area (Å²) in [7, 11) is 0. The van der Waals surface area contributed by atoms with Crippen molar-refractivity contribution in [1.82, 2.24) is 4.98 Å². The van der Waals surface area contributed by atoms with Gasteiger partial charge in [0, 0.05) is 6.20 Å². The average molecular weight is 245 g/mol. The molecule has 3 nitrogen and oxygen atoms in total. The lowest BCUT2D eigenvalue weighted by Crippen LogP contribution is -2.00. The van der Waals surface area contributed by atoms with Crippen LogP contribution in [-0.4, -0.2) is 4.98 Å². The van der Waals surface area contributed by atoms with Gasteiger partial charge in [-0.15, -0.1) is 0 Å². The Morgan fingerprint density at radius 2 is 1.94 bits per heavy atom. The molecule has 1 N–H and O–H groups in total. The fourth-order valence-electron chi connectivity index (χ4n) is 1.51. The summed E-state index contributed by atoms with van der Waals surface area (Å²) < 4.78 is 27.3. The fourth-order valence-corrected chi connectivity index (χ4v) is 1.51. The van der Waals surface area contributed by atoms with Gasteiger partial charge >= 0.3 is 0 Å². The lowest BCUT2D eigenvalue weighted by Gasteiger charge is -2.10. The number of aromatic nitrogens is 1. The Balaban J connectivity index is 2.42. The lowest BCUT2D eigenvalue weighted by atomic mass is 10.2. The third-order valence-corrected chi connectivity index (χ3v) is 2.44. The second-order valence-corrected chi connectivity index (χ2v) is 3.69. The minimum absolute atomic E-state index is 0.0570. The van der Waals surface area contributed by atoms with E-state index in [1.54, 1.807) is 31.3 Å². The SMILES string of the molecule is Cc1ncccc1Nc1c(F)cc(C#N)cc1F. The van der Waals surface area contributed by atoms with Gasteiger partial charge in [-0.05, 0) is 31.2 Å². The van der Waals surface area contributed by atoms with Gasteiger partial charge < -0.3 is 5.32 Å². The summed E-state index contributed by atoms with van der Waals surface area (Å²) >= 11 is 0. The Kier molecular flexibility index (Phi) is 3.20. The van der Waals surface area contributed by atoms with E-state index in [2.05, 4.69) is 10.3 Å². The fraction of sp³-hybridized carbons (Fsp3) is 0.0769. The molecule has 0 radical (unpaired) electrons. The van der Waals surface area contributed by atoms with E-state index in [0.717, 1.165) is 12.1 Å². The van der Waals surface area contributed by atoms with Gasteiger partial charge in [-0.25, -0.2) is 8.78 Å². The van der Waals surface area contributed by atoms with Crippen molar-refractivity contribution in [3.05, 3.63) is 53.4 Å². The number of hydrogen-bond acceptors (Lipinski definition) is 3. The van der Waals surface area contributed by atoms with Gasteiger partial charge in [-0.3, -0.25) is 4.98 Å². The molecule has 18 heavy (non-hydrogen) atoms. The number of anilines is 2. The number of hydrogen-bond donors (Lipinski definition) is 1. The number of nitrogens with zero attached hydrogens (tertiary/aromatic N) is 2. The van der Waals surface area contributed by atoms with Crippen LogP contribution in [0.1, 0.15) is 11.3 Å². The van der Waals surface area contributed by atoms with Crippen molar-refractivity contribution >= 4 is 11.4 Å². The van der Waals surface area contributed by atoms with Crippen molar-refractivity contribution in [2.24, 2.45) is 0 Å². The third-order valence-electron chi connectivity index (χ3n) is 2.44. The van der Waals surface area contributed by atoms with Crippen molar-refractivity contribution < 1.29 is 8.78 Å². The van der Waals surface area contributed by atoms with Crippen molar-refractivity contribution in [2.45, 2.75) is 6.92 Å². The zero-order valence-corrected chi connectivity index (χ0v) is 9.54. The molecule has 0 aliphatic rings. The summed E-state index contributed by atoms with van der Waals surface area (Å²) in [5, 5.41) is 11.2. The van der Waals surface area contributed by atoms with E-state index >= 15 is 0 Å². The largest absolute Gasteiger partial charge is 0.349 e. The van der Waals surface area contributed by atoms with E-state index in [1.165, 1.54) is 0 Å². The zero-order chi connectivity index (χ0) is 13.1. The molecule has 90 valence electrons. The van der Waals surface area contributed by atoms with E-state index in [1.807, 2.05) is 0 Å². The van der Waals surface area contributed by atoms with Crippen LogP contribution in [0.25, 0.3) is 0 Å². The molecule has 0 amide bonds. The van der Waals surface area contributed by atoms with Crippen LogP contribution in [0.4, 0.5) is 20.2 Å². The summed E-state index contributed by atoms with van der Waals surface area (Å²) in [5.41, 5.74) is 0.796. The second kappa shape index (κ2) is 4.80. The quantitative estimate of drug-likeness (QED) is 0.883. The molecule has 0 aliphatic heterocycles. The molecule has 0 saturated heterocycles. The first-order valence-electron chi connectivity index (χ1n) is 5.19. The maximum atomic E-state index is 13.6. The number of nitriles is 1. The van der Waals surface area contributed by atoms with Crippen molar-refractivity contribution in [2.75, 3.05) is 5.32 Å². The summed E-state index contributed by atoms with van der Waals surface area (Å²) in [5.74, 6) is -1.62. The smallest absolute Gasteiger partial charge is 0.150 e. The van der Waals surface area contributed by atoms with Gasteiger partial charge in [0.2, 0.25) is 0 Å². The number of rotatable bonds is 2. The molecule has 1 aromatic carbocycles. The number of benzene rings is 1. The van der Waals surface area contributed by atoms with Crippen LogP contribution in [0.2, 0.25) is 0 Å². The molecular formula is C13H9F2N3. The summed E-state index contributed by atoms with van der Waals surface area (Å²) in [4.78, 5) is 4.01. The Hall–Kier alpha value is -2.48. The van der Waals surface area contributed by atoms with Gasteiger partial charge in [0.1, 0.15) is 5.69 Å². The predicted octanol–water partition coefficient (Wildman–Crippen LogP) is 3.28. The van der Waals surface area contributed by atoms with Gasteiger partial charge in [-0.2, -0.15) is 5.26 Å². The topological polar surface area (TPSA) is 48.7 Å². The first-order valence-corrected chi connectivity index (χ1v) is 5.19. The van der Waals surface area contributed by atoms with E-state index in [-0.39, 0.29) is 11.3 Å². The van der Waals surface area contributed by atoms with Crippen LogP contribution < -0.4 is 5.32 Å². The standard InChI is InChI=1S/C13H9F2N3/c1-8-12(3-2-4-17-8)18-13-10(14)5-9(7-16)6-11(13)15/h2-6,18H,1H3. The molecule has 0 fully saturated rings. The molecular weight excluding hydrogens is 236 g/mol. The molecule has 1 aromatic heterocycles. The molecule has 0 bridgehead atoms. The summed E-state index contributed by atoms with van der Waals surface area (Å²) in [6.45, 7) is 1.72. The molecule has 0 unspecified atom stereocenters. The normalized spacial score (nSPS) is 9.89. The molecule has 5 heteroatoms. The highest BCUT2D eigenvalue weighted by molar-refractivity contribution is 5.63. The molecule has 2 rings (SSSR count). The molecule has 0 saturated carbocycles. The van der Waals surface area contributed by atoms with Crippen LogP contribution in [0.3, 0.4) is 0 Å². The highest BCUT2D eigenvalue weighted by Crippen LogP contribution is 2.25. The molecule has 0 aliphatic carbocycles. The predicted molar refractivity (Wildman–Crippen MR) is 63.3 cm³/mol. The third kappa shape index (κ3) is 2.28. The number of nitrogens with one attached hydrogen (secondary N) is 1. The summed E-state index contributed by atoms with van der Waals surface area (Å²) in [6, 6.07) is 6.99. The van der Waals surface area contributed by atoms with Gasteiger partial charge in [-0.1, -0.05) is 0 Å². The zero-order valence-electron chi connectivity index (χ0n) is 9.54. The van der Waals surface area contributed by atoms with E-state index in [9.17, 15) is 8.78 Å². The monoisotopic (exact) mass is 245 g/mol. The maximum absolute atomic E-state index is 13.6. The molecule has 0 atom stereocenters. The Morgan fingerprint density at radius 3 is 2.50 bits per heavy atom. The highest BCUT2D eigenvalue weighted by Gasteiger charge is 2.12. The summed E-state index contributed by atoms with van der Waals surface area (Å²) in [6.07, 6.45) is 1.59. The van der Waals surface area contributed by atoms with E-state index < -0.39 is 11.6 Å². The Labute approximate surface area is 103 Å². The van der Waals surface area contributed by atoms with Crippen LogP contribution in [-0.2, 0) is 0 Å². The lowest BCUT2D eigenvalue weighted by molar-refractivity contribution is 0.590. The maximum Gasteiger partial charge on any atom is 0.150 e. The minimum atomic E-state index is -0.810. The van der Waals surface area contributed by atoms with Crippen molar-refractivity contribution in [3.8, 4) is 6.07 Å². The van der Waals surface area contributed by atoms with E-state index in [4.69, 9.17) is 5.26 Å². The highest BCUT2D eigenvalue weighted by atomic mass is 19.1. The van der Waals surface area contributed by atoms with Crippen LogP contribution in [0, 0.1) is 29.9 Å². The van der Waals surface area contributed by atoms with Gasteiger partial charge in [0.15, 0.2) is 11.6 Å². The second-order valence-electron chi connectivity index (χ2n) is 3.69. The Bertz CT molecular complexity index is 609.